The normalized spacial score (nSPS) is 31.5. The molecule has 4 atom stereocenters. The smallest absolute Gasteiger partial charge is 0.314 e. The summed E-state index contributed by atoms with van der Waals surface area (Å²) in [7, 11) is 0. The maximum absolute atomic E-state index is 12.1. The van der Waals surface area contributed by atoms with Crippen molar-refractivity contribution in [1.29, 1.82) is 0 Å². The molecule has 0 aromatic heterocycles. The summed E-state index contributed by atoms with van der Waals surface area (Å²) in [6.45, 7) is 5.86. The van der Waals surface area contributed by atoms with Crippen molar-refractivity contribution in [3.63, 3.8) is 0 Å². The van der Waals surface area contributed by atoms with Gasteiger partial charge in [0.05, 0.1) is 11.5 Å². The summed E-state index contributed by atoms with van der Waals surface area (Å²) >= 11 is 2.23. The molecule has 4 heteroatoms. The van der Waals surface area contributed by atoms with E-state index in [-0.39, 0.29) is 12.3 Å². The third-order valence-electron chi connectivity index (χ3n) is 4.46. The van der Waals surface area contributed by atoms with Crippen LogP contribution in [0.2, 0.25) is 0 Å². The highest BCUT2D eigenvalue weighted by Gasteiger charge is 2.41. The lowest BCUT2D eigenvalue weighted by Crippen LogP contribution is -2.35. The highest BCUT2D eigenvalue weighted by Crippen LogP contribution is 2.46. The van der Waals surface area contributed by atoms with Crippen LogP contribution in [-0.2, 0) is 14.3 Å². The maximum Gasteiger partial charge on any atom is 0.314 e. The lowest BCUT2D eigenvalue weighted by Gasteiger charge is -2.29. The Morgan fingerprint density at radius 1 is 1.37 bits per heavy atom. The van der Waals surface area contributed by atoms with Crippen LogP contribution in [0.3, 0.4) is 0 Å². The zero-order valence-corrected chi connectivity index (χ0v) is 14.3. The highest BCUT2D eigenvalue weighted by atomic mass is 127. The maximum atomic E-state index is 12.1. The summed E-state index contributed by atoms with van der Waals surface area (Å²) in [5.74, 6) is 1.42. The Bertz CT molecular complexity index is 329. The molecular formula is C15H25IO3. The van der Waals surface area contributed by atoms with Gasteiger partial charge < -0.3 is 9.47 Å². The summed E-state index contributed by atoms with van der Waals surface area (Å²) < 4.78 is 12.4. The van der Waals surface area contributed by atoms with Crippen LogP contribution in [0, 0.1) is 17.3 Å². The van der Waals surface area contributed by atoms with Gasteiger partial charge in [0.2, 0.25) is 6.29 Å². The van der Waals surface area contributed by atoms with Gasteiger partial charge in [-0.15, -0.1) is 0 Å². The van der Waals surface area contributed by atoms with E-state index in [1.807, 2.05) is 20.8 Å². The van der Waals surface area contributed by atoms with Crippen LogP contribution >= 0.6 is 22.6 Å². The van der Waals surface area contributed by atoms with Crippen LogP contribution in [0.4, 0.5) is 0 Å². The Balaban J connectivity index is 1.85. The number of fused-ring (bicyclic) bond motifs is 2. The van der Waals surface area contributed by atoms with Gasteiger partial charge >= 0.3 is 5.97 Å². The topological polar surface area (TPSA) is 35.5 Å². The summed E-state index contributed by atoms with van der Waals surface area (Å²) in [6, 6.07) is 0. The van der Waals surface area contributed by atoms with Gasteiger partial charge in [-0.25, -0.2) is 0 Å². The van der Waals surface area contributed by atoms with Crippen LogP contribution in [-0.4, -0.2) is 22.8 Å². The predicted octanol–water partition coefficient (Wildman–Crippen LogP) is 3.93. The van der Waals surface area contributed by atoms with Gasteiger partial charge in [-0.3, -0.25) is 4.79 Å². The SMILES string of the molecule is CCC(OC(=O)C(C)(C)CI)OC1CC2CCC1C2. The largest absolute Gasteiger partial charge is 0.435 e. The number of ether oxygens (including phenoxy) is 2. The van der Waals surface area contributed by atoms with Crippen LogP contribution in [0.25, 0.3) is 0 Å². The quantitative estimate of drug-likeness (QED) is 0.303. The zero-order chi connectivity index (χ0) is 14.0. The molecule has 3 nitrogen and oxygen atoms in total. The Morgan fingerprint density at radius 2 is 2.11 bits per heavy atom. The molecule has 110 valence electrons. The minimum atomic E-state index is -0.425. The van der Waals surface area contributed by atoms with Gasteiger partial charge in [-0.2, -0.15) is 0 Å². The molecule has 0 amide bonds. The summed E-state index contributed by atoms with van der Waals surface area (Å²) in [5.41, 5.74) is -0.425. The first-order valence-corrected chi connectivity index (χ1v) is 8.91. The number of carbonyl (C=O) groups is 1. The van der Waals surface area contributed by atoms with Crippen molar-refractivity contribution in [3.05, 3.63) is 0 Å². The Hall–Kier alpha value is 0.160. The predicted molar refractivity (Wildman–Crippen MR) is 83.2 cm³/mol. The number of alkyl halides is 1. The summed E-state index contributed by atoms with van der Waals surface area (Å²) in [4.78, 5) is 12.1. The second-order valence-electron chi connectivity index (χ2n) is 6.61. The Labute approximate surface area is 129 Å². The molecule has 2 aliphatic carbocycles. The van der Waals surface area contributed by atoms with Crippen molar-refractivity contribution in [2.24, 2.45) is 17.3 Å². The van der Waals surface area contributed by atoms with E-state index in [0.717, 1.165) is 23.2 Å². The van der Waals surface area contributed by atoms with E-state index in [2.05, 4.69) is 22.6 Å². The van der Waals surface area contributed by atoms with Crippen molar-refractivity contribution < 1.29 is 14.3 Å². The molecule has 2 bridgehead atoms. The van der Waals surface area contributed by atoms with Gasteiger partial charge in [0.25, 0.3) is 0 Å². The van der Waals surface area contributed by atoms with Crippen molar-refractivity contribution in [2.45, 2.75) is 65.3 Å². The fourth-order valence-electron chi connectivity index (χ4n) is 3.09. The van der Waals surface area contributed by atoms with E-state index >= 15 is 0 Å². The fourth-order valence-corrected chi connectivity index (χ4v) is 3.40. The lowest BCUT2D eigenvalue weighted by atomic mass is 9.97. The second-order valence-corrected chi connectivity index (χ2v) is 7.37. The molecule has 0 N–H and O–H groups in total. The summed E-state index contributed by atoms with van der Waals surface area (Å²) in [6.07, 6.45) is 5.82. The van der Waals surface area contributed by atoms with Crippen LogP contribution in [0.1, 0.15) is 52.9 Å². The van der Waals surface area contributed by atoms with Gasteiger partial charge in [0, 0.05) is 10.8 Å². The second kappa shape index (κ2) is 6.29. The number of hydrogen-bond donors (Lipinski definition) is 0. The Morgan fingerprint density at radius 3 is 2.58 bits per heavy atom. The Kier molecular flexibility index (Phi) is 5.15. The summed E-state index contributed by atoms with van der Waals surface area (Å²) in [5, 5.41) is 0. The van der Waals surface area contributed by atoms with Crippen LogP contribution < -0.4 is 0 Å². The average molecular weight is 380 g/mol. The minimum absolute atomic E-state index is 0.142. The number of rotatable bonds is 6. The molecule has 0 aromatic rings. The number of halogens is 1. The molecular weight excluding hydrogens is 355 g/mol. The molecule has 2 aliphatic rings. The van der Waals surface area contributed by atoms with Gasteiger partial charge in [-0.1, -0.05) is 29.5 Å². The number of esters is 1. The number of carbonyl (C=O) groups excluding carboxylic acids is 1. The van der Waals surface area contributed by atoms with E-state index in [9.17, 15) is 4.79 Å². The molecule has 4 unspecified atom stereocenters. The molecule has 0 heterocycles. The van der Waals surface area contributed by atoms with E-state index < -0.39 is 5.41 Å². The molecule has 0 saturated heterocycles. The standard InChI is InChI=1S/C15H25IO3/c1-4-13(19-14(17)15(2,3)9-16)18-12-8-10-5-6-11(12)7-10/h10-13H,4-9H2,1-3H3. The lowest BCUT2D eigenvalue weighted by molar-refractivity contribution is -0.202. The molecule has 0 spiro atoms. The average Bonchev–Trinajstić information content (AvgIpc) is 2.99. The van der Waals surface area contributed by atoms with Gasteiger partial charge in [0.15, 0.2) is 0 Å². The minimum Gasteiger partial charge on any atom is -0.435 e. The van der Waals surface area contributed by atoms with Crippen LogP contribution in [0.5, 0.6) is 0 Å². The van der Waals surface area contributed by atoms with Gasteiger partial charge in [-0.05, 0) is 51.4 Å². The van der Waals surface area contributed by atoms with E-state index in [0.29, 0.717) is 12.0 Å². The third kappa shape index (κ3) is 3.63. The zero-order valence-electron chi connectivity index (χ0n) is 12.2. The van der Waals surface area contributed by atoms with Crippen molar-refractivity contribution in [2.75, 3.05) is 4.43 Å². The molecule has 0 aliphatic heterocycles. The van der Waals surface area contributed by atoms with Crippen LogP contribution in [0.15, 0.2) is 0 Å². The first-order valence-electron chi connectivity index (χ1n) is 7.38. The van der Waals surface area contributed by atoms with E-state index in [4.69, 9.17) is 9.47 Å². The fraction of sp³-hybridized carbons (Fsp3) is 0.933. The third-order valence-corrected chi connectivity index (χ3v) is 6.37. The molecule has 19 heavy (non-hydrogen) atoms. The molecule has 0 radical (unpaired) electrons. The monoisotopic (exact) mass is 380 g/mol. The molecule has 2 fully saturated rings. The molecule has 2 rings (SSSR count). The van der Waals surface area contributed by atoms with Crippen molar-refractivity contribution >= 4 is 28.6 Å². The molecule has 0 aromatic carbocycles. The van der Waals surface area contributed by atoms with E-state index in [1.165, 1.54) is 19.3 Å². The first-order chi connectivity index (χ1) is 8.96. The molecule has 2 saturated carbocycles. The van der Waals surface area contributed by atoms with Gasteiger partial charge in [0.1, 0.15) is 0 Å². The van der Waals surface area contributed by atoms with Crippen molar-refractivity contribution in [1.82, 2.24) is 0 Å². The van der Waals surface area contributed by atoms with E-state index in [1.54, 1.807) is 0 Å². The highest BCUT2D eigenvalue weighted by molar-refractivity contribution is 14.1. The van der Waals surface area contributed by atoms with Crippen molar-refractivity contribution in [3.8, 4) is 0 Å². The first kappa shape index (κ1) is 15.5. The number of hydrogen-bond acceptors (Lipinski definition) is 3.